The second kappa shape index (κ2) is 9.37. The minimum atomic E-state index is -3.48. The van der Waals surface area contributed by atoms with Gasteiger partial charge in [0.15, 0.2) is 0 Å². The Morgan fingerprint density at radius 3 is 2.61 bits per heavy atom. The Bertz CT molecular complexity index is 1400. The highest BCUT2D eigenvalue weighted by molar-refractivity contribution is 7.85. The van der Waals surface area contributed by atoms with E-state index in [1.165, 1.54) is 0 Å². The van der Waals surface area contributed by atoms with E-state index in [9.17, 15) is 13.2 Å². The van der Waals surface area contributed by atoms with Crippen LogP contribution in [-0.4, -0.2) is 60.5 Å². The summed E-state index contributed by atoms with van der Waals surface area (Å²) in [6, 6.07) is 13.3. The highest BCUT2D eigenvalue weighted by Crippen LogP contribution is 2.46. The highest BCUT2D eigenvalue weighted by atomic mass is 32.2. The first-order valence-corrected chi connectivity index (χ1v) is 14.0. The van der Waals surface area contributed by atoms with Crippen LogP contribution in [0.1, 0.15) is 43.4 Å². The number of anilines is 1. The lowest BCUT2D eigenvalue weighted by molar-refractivity contribution is -0.846. The lowest BCUT2D eigenvalue weighted by Gasteiger charge is -2.47. The number of rotatable bonds is 6. The summed E-state index contributed by atoms with van der Waals surface area (Å²) in [6.07, 6.45) is 5.26. The molecule has 2 aromatic carbocycles. The molecule has 1 N–H and O–H groups in total. The van der Waals surface area contributed by atoms with Gasteiger partial charge in [-0.15, -0.1) is 0 Å². The van der Waals surface area contributed by atoms with E-state index in [1.807, 2.05) is 25.4 Å². The number of hydrogen-bond acceptors (Lipinski definition) is 6. The largest absolute Gasteiger partial charge is 0.511 e. The van der Waals surface area contributed by atoms with E-state index in [0.29, 0.717) is 6.42 Å². The molecule has 1 aliphatic carbocycles. The Hall–Kier alpha value is -3.17. The van der Waals surface area contributed by atoms with Crippen molar-refractivity contribution in [2.75, 3.05) is 30.8 Å². The molecule has 1 fully saturated rings. The SMILES string of the molecule is CCS(=O)(=O)[N+](C)(C1CCN(c2ccc3cnccc3c2)CC1)C1CCc2ccc(OC(=O)O)cc21. The van der Waals surface area contributed by atoms with Gasteiger partial charge in [-0.1, -0.05) is 12.1 Å². The maximum Gasteiger partial charge on any atom is 0.511 e. The zero-order valence-corrected chi connectivity index (χ0v) is 21.4. The van der Waals surface area contributed by atoms with E-state index in [4.69, 9.17) is 9.84 Å². The first kappa shape index (κ1) is 24.5. The Morgan fingerprint density at radius 1 is 1.11 bits per heavy atom. The minimum Gasteiger partial charge on any atom is -0.449 e. The Kier molecular flexibility index (Phi) is 6.38. The second-order valence-corrected chi connectivity index (χ2v) is 12.4. The van der Waals surface area contributed by atoms with Gasteiger partial charge in [-0.25, -0.2) is 8.68 Å². The van der Waals surface area contributed by atoms with Crippen LogP contribution in [0.25, 0.3) is 10.8 Å². The summed E-state index contributed by atoms with van der Waals surface area (Å²) in [6.45, 7) is 3.26. The molecule has 0 amide bonds. The molecule has 3 aromatic rings. The number of carbonyl (C=O) groups is 1. The number of sulfonamides is 1. The third-order valence-corrected chi connectivity index (χ3v) is 10.6. The molecule has 190 valence electrons. The molecule has 9 heteroatoms. The Labute approximate surface area is 211 Å². The maximum absolute atomic E-state index is 13.7. The number of benzene rings is 2. The van der Waals surface area contributed by atoms with Gasteiger partial charge in [0, 0.05) is 61.4 Å². The quantitative estimate of drug-likeness (QED) is 0.291. The summed E-state index contributed by atoms with van der Waals surface area (Å²) in [5.41, 5.74) is 3.09. The van der Waals surface area contributed by atoms with Crippen molar-refractivity contribution in [2.24, 2.45) is 0 Å². The first-order valence-electron chi connectivity index (χ1n) is 12.4. The summed E-state index contributed by atoms with van der Waals surface area (Å²) in [5.74, 6) is 0.287. The van der Waals surface area contributed by atoms with Gasteiger partial charge in [0.2, 0.25) is 0 Å². The van der Waals surface area contributed by atoms with E-state index in [0.717, 1.165) is 59.9 Å². The van der Waals surface area contributed by atoms with Crippen molar-refractivity contribution in [1.82, 2.24) is 4.98 Å². The van der Waals surface area contributed by atoms with Crippen LogP contribution in [0.2, 0.25) is 0 Å². The predicted molar refractivity (Wildman–Crippen MR) is 139 cm³/mol. The predicted octanol–water partition coefficient (Wildman–Crippen LogP) is 4.74. The number of hydrogen-bond donors (Lipinski definition) is 1. The van der Waals surface area contributed by atoms with Crippen LogP contribution in [-0.2, 0) is 16.4 Å². The molecule has 0 saturated carbocycles. The normalized spacial score (nSPS) is 20.2. The number of pyridine rings is 1. The molecular weight excluding hydrogens is 478 g/mol. The average molecular weight is 511 g/mol. The summed E-state index contributed by atoms with van der Waals surface area (Å²) in [5, 5.41) is 11.3. The molecule has 2 atom stereocenters. The Balaban J connectivity index is 1.43. The van der Waals surface area contributed by atoms with Crippen molar-refractivity contribution < 1.29 is 26.9 Å². The molecule has 2 aliphatic rings. The van der Waals surface area contributed by atoms with E-state index in [1.54, 1.807) is 25.3 Å². The van der Waals surface area contributed by atoms with Gasteiger partial charge in [0.1, 0.15) is 17.8 Å². The van der Waals surface area contributed by atoms with Gasteiger partial charge in [-0.3, -0.25) is 4.98 Å². The lowest BCUT2D eigenvalue weighted by atomic mass is 9.98. The van der Waals surface area contributed by atoms with Crippen LogP contribution in [0.4, 0.5) is 10.5 Å². The van der Waals surface area contributed by atoms with Crippen LogP contribution in [0.15, 0.2) is 54.9 Å². The summed E-state index contributed by atoms with van der Waals surface area (Å²) < 4.78 is 32.3. The molecule has 2 unspecified atom stereocenters. The van der Waals surface area contributed by atoms with Crippen LogP contribution in [0.5, 0.6) is 5.75 Å². The van der Waals surface area contributed by atoms with Crippen molar-refractivity contribution in [3.05, 3.63) is 66.0 Å². The summed E-state index contributed by atoms with van der Waals surface area (Å²) in [4.78, 5) is 17.6. The van der Waals surface area contributed by atoms with Crippen molar-refractivity contribution in [3.8, 4) is 5.75 Å². The fraction of sp³-hybridized carbons (Fsp3) is 0.407. The summed E-state index contributed by atoms with van der Waals surface area (Å²) >= 11 is 0. The number of carboxylic acid groups (broad SMARTS) is 1. The topological polar surface area (TPSA) is 96.8 Å². The number of piperidine rings is 1. The molecule has 0 radical (unpaired) electrons. The van der Waals surface area contributed by atoms with Crippen molar-refractivity contribution in [1.29, 1.82) is 0 Å². The number of ether oxygens (including phenoxy) is 1. The Morgan fingerprint density at radius 2 is 1.89 bits per heavy atom. The molecule has 1 aliphatic heterocycles. The highest BCUT2D eigenvalue weighted by Gasteiger charge is 2.52. The van der Waals surface area contributed by atoms with Gasteiger partial charge in [-0.05, 0) is 54.6 Å². The van der Waals surface area contributed by atoms with Gasteiger partial charge in [-0.2, -0.15) is 8.42 Å². The molecule has 0 bridgehead atoms. The number of aryl methyl sites for hydroxylation is 1. The first-order chi connectivity index (χ1) is 17.2. The van der Waals surface area contributed by atoms with Crippen LogP contribution in [0.3, 0.4) is 0 Å². The number of aromatic nitrogens is 1. The molecule has 0 spiro atoms. The van der Waals surface area contributed by atoms with E-state index in [2.05, 4.69) is 28.1 Å². The minimum absolute atomic E-state index is 0.0513. The summed E-state index contributed by atoms with van der Waals surface area (Å²) in [7, 11) is -1.61. The zero-order chi connectivity index (χ0) is 25.5. The monoisotopic (exact) mass is 510 g/mol. The molecule has 2 heterocycles. The third-order valence-electron chi connectivity index (χ3n) is 8.13. The van der Waals surface area contributed by atoms with Crippen molar-refractivity contribution >= 4 is 32.6 Å². The van der Waals surface area contributed by atoms with Gasteiger partial charge in [0.05, 0.1) is 12.8 Å². The lowest BCUT2D eigenvalue weighted by Crippen LogP contribution is -2.61. The van der Waals surface area contributed by atoms with Crippen molar-refractivity contribution in [3.63, 3.8) is 0 Å². The molecule has 8 nitrogen and oxygen atoms in total. The van der Waals surface area contributed by atoms with Crippen LogP contribution >= 0.6 is 0 Å². The fourth-order valence-corrected chi connectivity index (χ4v) is 7.94. The zero-order valence-electron chi connectivity index (χ0n) is 20.6. The number of nitrogens with zero attached hydrogens (tertiary/aromatic N) is 3. The number of quaternary nitrogens is 1. The smallest absolute Gasteiger partial charge is 0.449 e. The van der Waals surface area contributed by atoms with Crippen LogP contribution in [0, 0.1) is 0 Å². The standard InChI is InChI=1S/C27H31N3O5S/c1-3-36(33,34)30(2,26-9-6-19-5-8-24(17-25(19)26)35-27(31)32)23-11-14-29(15-12-23)22-7-4-21-18-28-13-10-20(21)16-22/h4-5,7-8,10,13,16-18,23,26H,3,6,9,11-12,14-15H2,1-2H3/p+1. The van der Waals surface area contributed by atoms with Gasteiger partial charge in [0.25, 0.3) is 10.0 Å². The number of fused-ring (bicyclic) bond motifs is 2. The van der Waals surface area contributed by atoms with Gasteiger partial charge >= 0.3 is 6.16 Å². The van der Waals surface area contributed by atoms with E-state index >= 15 is 0 Å². The molecule has 36 heavy (non-hydrogen) atoms. The molecular formula is C27H32N3O5S+. The molecule has 5 rings (SSSR count). The second-order valence-electron chi connectivity index (χ2n) is 9.84. The van der Waals surface area contributed by atoms with Crippen LogP contribution < -0.4 is 9.64 Å². The molecule has 1 aromatic heterocycles. The fourth-order valence-electron chi connectivity index (χ4n) is 6.11. The average Bonchev–Trinajstić information content (AvgIpc) is 3.31. The van der Waals surface area contributed by atoms with Crippen molar-refractivity contribution in [2.45, 2.75) is 44.7 Å². The molecule has 1 saturated heterocycles. The van der Waals surface area contributed by atoms with E-state index < -0.39 is 16.2 Å². The third kappa shape index (κ3) is 4.20. The van der Waals surface area contributed by atoms with E-state index in [-0.39, 0.29) is 27.5 Å². The van der Waals surface area contributed by atoms with Gasteiger partial charge < -0.3 is 14.7 Å². The maximum atomic E-state index is 13.7.